The van der Waals surface area contributed by atoms with Crippen LogP contribution in [0.25, 0.3) is 0 Å². The van der Waals surface area contributed by atoms with Gasteiger partial charge in [0, 0.05) is 0 Å². The predicted octanol–water partition coefficient (Wildman–Crippen LogP) is 4.13. The van der Waals surface area contributed by atoms with Crippen LogP contribution in [0.4, 0.5) is 9.59 Å². The lowest BCUT2D eigenvalue weighted by atomic mass is 10.0. The van der Waals surface area contributed by atoms with E-state index in [0.717, 1.165) is 11.0 Å². The van der Waals surface area contributed by atoms with Crippen LogP contribution in [-0.2, 0) is 40.4 Å². The molecule has 1 heterocycles. The first-order chi connectivity index (χ1) is 17.9. The van der Waals surface area contributed by atoms with E-state index in [4.69, 9.17) is 18.9 Å². The molecule has 0 fully saturated rings. The number of hydrogen-bond donors (Lipinski definition) is 1. The van der Waals surface area contributed by atoms with Crippen molar-refractivity contribution in [3.05, 3.63) is 47.4 Å². The summed E-state index contributed by atoms with van der Waals surface area (Å²) in [5.74, 6) is -1.22. The van der Waals surface area contributed by atoms with Crippen LogP contribution in [0.2, 0.25) is 0 Å². The largest absolute Gasteiger partial charge is 0.454 e. The molecule has 1 aliphatic rings. The van der Waals surface area contributed by atoms with Gasteiger partial charge in [-0.3, -0.25) is 0 Å². The zero-order valence-electron chi connectivity index (χ0n) is 23.8. The van der Waals surface area contributed by atoms with Crippen molar-refractivity contribution in [3.8, 4) is 0 Å². The van der Waals surface area contributed by atoms with Crippen LogP contribution in [0.5, 0.6) is 0 Å². The van der Waals surface area contributed by atoms with Crippen molar-refractivity contribution in [3.63, 3.8) is 0 Å². The van der Waals surface area contributed by atoms with Crippen LogP contribution in [0.15, 0.2) is 41.8 Å². The van der Waals surface area contributed by atoms with E-state index in [1.807, 2.05) is 30.3 Å². The van der Waals surface area contributed by atoms with Gasteiger partial charge in [0.15, 0.2) is 0 Å². The summed E-state index contributed by atoms with van der Waals surface area (Å²) in [5.41, 5.74) is -0.953. The van der Waals surface area contributed by atoms with Gasteiger partial charge >= 0.3 is 18.2 Å². The number of rotatable bonds is 8. The molecule has 3 atom stereocenters. The summed E-state index contributed by atoms with van der Waals surface area (Å²) in [6, 6.07) is 6.79. The van der Waals surface area contributed by atoms with Crippen molar-refractivity contribution >= 4 is 28.2 Å². The highest BCUT2D eigenvalue weighted by Gasteiger charge is 2.45. The molecule has 2 amide bonds. The van der Waals surface area contributed by atoms with Gasteiger partial charge in [0.25, 0.3) is 10.0 Å². The van der Waals surface area contributed by atoms with Gasteiger partial charge in [-0.05, 0) is 59.1 Å². The van der Waals surface area contributed by atoms with Crippen LogP contribution in [0.1, 0.15) is 61.0 Å². The van der Waals surface area contributed by atoms with E-state index >= 15 is 0 Å². The van der Waals surface area contributed by atoms with Gasteiger partial charge < -0.3 is 24.3 Å². The zero-order valence-corrected chi connectivity index (χ0v) is 24.6. The Kier molecular flexibility index (Phi) is 10.6. The molecular weight excluding hydrogens is 528 g/mol. The minimum atomic E-state index is -4.27. The number of nitrogens with zero attached hydrogens (tertiary/aromatic N) is 1. The smallest absolute Gasteiger partial charge is 0.424 e. The standard InChI is InChI=1S/C27H40N2O9S/c1-18(2)22(28-24(31)37-26(3,4)5)23(30)36-21-14-15-39(33,34)29(25(32)38-27(6,7)8)20(21)17-35-16-19-12-10-9-11-13-19/h9-15,18,20-22H,16-17H2,1-8H3,(H,28,31)/t20-,21+,22-/m0/s1. The Balaban J connectivity index is 2.33. The molecular formula is C27H40N2O9S. The highest BCUT2D eigenvalue weighted by molar-refractivity contribution is 7.92. The van der Waals surface area contributed by atoms with E-state index < -0.39 is 63.5 Å². The number of esters is 1. The Morgan fingerprint density at radius 3 is 2.10 bits per heavy atom. The molecule has 1 aromatic rings. The number of carbonyl (C=O) groups is 3. The van der Waals surface area contributed by atoms with Gasteiger partial charge in [0.1, 0.15) is 29.4 Å². The Bertz CT molecular complexity index is 1140. The predicted molar refractivity (Wildman–Crippen MR) is 144 cm³/mol. The Labute approximate surface area is 230 Å². The monoisotopic (exact) mass is 568 g/mol. The molecule has 0 saturated heterocycles. The molecule has 0 bridgehead atoms. The van der Waals surface area contributed by atoms with E-state index in [1.54, 1.807) is 55.4 Å². The van der Waals surface area contributed by atoms with Crippen LogP contribution in [-0.4, -0.2) is 66.9 Å². The molecule has 0 unspecified atom stereocenters. The maximum absolute atomic E-state index is 13.2. The first-order valence-electron chi connectivity index (χ1n) is 12.7. The number of sulfonamides is 1. The normalized spacial score (nSPS) is 19.8. The Morgan fingerprint density at radius 1 is 0.974 bits per heavy atom. The highest BCUT2D eigenvalue weighted by atomic mass is 32.2. The summed E-state index contributed by atoms with van der Waals surface area (Å²) in [5, 5.41) is 3.29. The molecule has 0 spiro atoms. The lowest BCUT2D eigenvalue weighted by Crippen LogP contribution is -2.57. The van der Waals surface area contributed by atoms with Crippen molar-refractivity contribution < 1.29 is 41.7 Å². The number of alkyl carbamates (subject to hydrolysis) is 1. The molecule has 11 nitrogen and oxygen atoms in total. The molecule has 2 rings (SSSR count). The van der Waals surface area contributed by atoms with Crippen LogP contribution < -0.4 is 5.32 Å². The lowest BCUT2D eigenvalue weighted by Gasteiger charge is -2.37. The topological polar surface area (TPSA) is 138 Å². The summed E-state index contributed by atoms with van der Waals surface area (Å²) in [6.07, 6.45) is -1.98. The fraction of sp³-hybridized carbons (Fsp3) is 0.593. The third kappa shape index (κ3) is 10.2. The lowest BCUT2D eigenvalue weighted by molar-refractivity contribution is -0.154. The third-order valence-corrected chi connectivity index (χ3v) is 6.68. The quantitative estimate of drug-likeness (QED) is 0.362. The minimum absolute atomic E-state index is 0.124. The number of ether oxygens (including phenoxy) is 4. The van der Waals surface area contributed by atoms with Crippen LogP contribution in [0, 0.1) is 5.92 Å². The summed E-state index contributed by atoms with van der Waals surface area (Å²) in [7, 11) is -4.27. The van der Waals surface area contributed by atoms with E-state index in [-0.39, 0.29) is 13.2 Å². The second kappa shape index (κ2) is 12.8. The van der Waals surface area contributed by atoms with Crippen LogP contribution in [0.3, 0.4) is 0 Å². The maximum atomic E-state index is 13.2. The van der Waals surface area contributed by atoms with E-state index in [0.29, 0.717) is 4.31 Å². The molecule has 0 aromatic heterocycles. The zero-order chi connectivity index (χ0) is 29.6. The molecule has 0 radical (unpaired) electrons. The SMILES string of the molecule is CC(C)[C@H](NC(=O)OC(C)(C)C)C(=O)O[C@@H]1C=CS(=O)(=O)N(C(=O)OC(C)(C)C)[C@H]1COCc1ccccc1. The summed E-state index contributed by atoms with van der Waals surface area (Å²) in [4.78, 5) is 38.6. The molecule has 1 aliphatic heterocycles. The third-order valence-electron chi connectivity index (χ3n) is 5.21. The van der Waals surface area contributed by atoms with Crippen molar-refractivity contribution in [2.75, 3.05) is 6.61 Å². The number of carbonyl (C=O) groups excluding carboxylic acids is 3. The summed E-state index contributed by atoms with van der Waals surface area (Å²) in [6.45, 7) is 13.1. The van der Waals surface area contributed by atoms with Crippen molar-refractivity contribution in [1.29, 1.82) is 0 Å². The molecule has 12 heteroatoms. The molecule has 39 heavy (non-hydrogen) atoms. The summed E-state index contributed by atoms with van der Waals surface area (Å²) < 4.78 is 48.5. The second-order valence-electron chi connectivity index (χ2n) is 11.5. The van der Waals surface area contributed by atoms with E-state index in [2.05, 4.69) is 5.32 Å². The Hall–Kier alpha value is -3.12. The average molecular weight is 569 g/mol. The molecule has 218 valence electrons. The maximum Gasteiger partial charge on any atom is 0.424 e. The van der Waals surface area contributed by atoms with Gasteiger partial charge in [-0.2, -0.15) is 4.31 Å². The Morgan fingerprint density at radius 2 is 1.56 bits per heavy atom. The fourth-order valence-electron chi connectivity index (χ4n) is 3.53. The average Bonchev–Trinajstić information content (AvgIpc) is 2.77. The molecule has 1 aromatic carbocycles. The number of nitrogens with one attached hydrogen (secondary N) is 1. The number of benzene rings is 1. The fourth-order valence-corrected chi connectivity index (χ4v) is 4.82. The number of hydrogen-bond acceptors (Lipinski definition) is 9. The van der Waals surface area contributed by atoms with Gasteiger partial charge in [0.2, 0.25) is 0 Å². The van der Waals surface area contributed by atoms with Gasteiger partial charge in [-0.25, -0.2) is 22.8 Å². The van der Waals surface area contributed by atoms with Gasteiger partial charge in [-0.1, -0.05) is 44.2 Å². The highest BCUT2D eigenvalue weighted by Crippen LogP contribution is 2.26. The number of amides is 2. The van der Waals surface area contributed by atoms with Crippen LogP contribution >= 0.6 is 0 Å². The molecule has 0 aliphatic carbocycles. The molecule has 1 N–H and O–H groups in total. The van der Waals surface area contributed by atoms with Crippen molar-refractivity contribution in [2.45, 2.75) is 91.4 Å². The minimum Gasteiger partial charge on any atom is -0.454 e. The van der Waals surface area contributed by atoms with Crippen molar-refractivity contribution in [1.82, 2.24) is 9.62 Å². The first-order valence-corrected chi connectivity index (χ1v) is 14.2. The second-order valence-corrected chi connectivity index (χ2v) is 13.2. The van der Waals surface area contributed by atoms with E-state index in [1.165, 1.54) is 6.08 Å². The molecule has 0 saturated carbocycles. The summed E-state index contributed by atoms with van der Waals surface area (Å²) >= 11 is 0. The van der Waals surface area contributed by atoms with E-state index in [9.17, 15) is 22.8 Å². The van der Waals surface area contributed by atoms with Crippen molar-refractivity contribution in [2.24, 2.45) is 5.92 Å². The van der Waals surface area contributed by atoms with Gasteiger partial charge in [-0.15, -0.1) is 0 Å². The first kappa shape index (κ1) is 32.1. The van der Waals surface area contributed by atoms with Gasteiger partial charge in [0.05, 0.1) is 18.6 Å².